The lowest BCUT2D eigenvalue weighted by atomic mass is 10.2. The van der Waals surface area contributed by atoms with Gasteiger partial charge in [-0.1, -0.05) is 6.07 Å². The molecule has 0 aliphatic carbocycles. The zero-order chi connectivity index (χ0) is 15.9. The number of anilines is 4. The van der Waals surface area contributed by atoms with Crippen LogP contribution in [0.4, 0.5) is 22.7 Å². The number of nitrogens with zero attached hydrogens (tertiary/aromatic N) is 4. The molecular weight excluding hydrogens is 304 g/mol. The van der Waals surface area contributed by atoms with E-state index in [0.717, 1.165) is 22.7 Å². The first-order valence-electron chi connectivity index (χ1n) is 7.71. The van der Waals surface area contributed by atoms with Gasteiger partial charge in [0.05, 0.1) is 0 Å². The number of fused-ring (bicyclic) bond motifs is 2. The van der Waals surface area contributed by atoms with Gasteiger partial charge in [-0.15, -0.1) is 0 Å². The lowest BCUT2D eigenvalue weighted by Crippen LogP contribution is -2.18. The van der Waals surface area contributed by atoms with Gasteiger partial charge in [-0.25, -0.2) is 9.97 Å². The van der Waals surface area contributed by atoms with Crippen molar-refractivity contribution < 1.29 is 9.47 Å². The first-order valence-corrected chi connectivity index (χ1v) is 7.71. The van der Waals surface area contributed by atoms with E-state index in [1.807, 2.05) is 30.3 Å². The highest BCUT2D eigenvalue weighted by Crippen LogP contribution is 2.41. The summed E-state index contributed by atoms with van der Waals surface area (Å²) >= 11 is 0. The van der Waals surface area contributed by atoms with Crippen LogP contribution in [-0.2, 0) is 0 Å². The predicted molar refractivity (Wildman–Crippen MR) is 90.2 cm³/mol. The van der Waals surface area contributed by atoms with Crippen molar-refractivity contribution in [1.29, 1.82) is 0 Å². The number of aromatic nitrogens is 2. The molecular formula is C18H14N4O2. The molecule has 4 heterocycles. The molecule has 3 aromatic rings. The minimum atomic E-state index is 0.463. The molecule has 0 N–H and O–H groups in total. The van der Waals surface area contributed by atoms with Crippen LogP contribution in [0.15, 0.2) is 60.9 Å². The summed E-state index contributed by atoms with van der Waals surface area (Å²) in [6.07, 6.45) is 3.48. The third-order valence-corrected chi connectivity index (χ3v) is 4.20. The average Bonchev–Trinajstić information content (AvgIpc) is 3.26. The van der Waals surface area contributed by atoms with Crippen molar-refractivity contribution in [2.75, 3.05) is 23.3 Å². The maximum absolute atomic E-state index is 5.65. The van der Waals surface area contributed by atoms with E-state index < -0.39 is 0 Å². The van der Waals surface area contributed by atoms with Crippen molar-refractivity contribution in [2.24, 2.45) is 0 Å². The number of pyridine rings is 2. The van der Waals surface area contributed by atoms with Gasteiger partial charge in [0.15, 0.2) is 13.5 Å². The predicted octanol–water partition coefficient (Wildman–Crippen LogP) is 3.45. The lowest BCUT2D eigenvalue weighted by Gasteiger charge is -2.21. The van der Waals surface area contributed by atoms with E-state index in [2.05, 4.69) is 38.0 Å². The maximum atomic E-state index is 5.65. The third-order valence-electron chi connectivity index (χ3n) is 4.20. The minimum absolute atomic E-state index is 0.463. The van der Waals surface area contributed by atoms with E-state index in [0.29, 0.717) is 25.2 Å². The second-order valence-corrected chi connectivity index (χ2v) is 5.58. The van der Waals surface area contributed by atoms with Crippen LogP contribution in [0.1, 0.15) is 0 Å². The largest absolute Gasteiger partial charge is 0.454 e. The summed E-state index contributed by atoms with van der Waals surface area (Å²) in [5.41, 5.74) is 4.07. The normalized spacial score (nSPS) is 14.8. The maximum Gasteiger partial charge on any atom is 0.239 e. The van der Waals surface area contributed by atoms with Crippen LogP contribution < -0.4 is 19.3 Å². The molecule has 0 atom stereocenters. The van der Waals surface area contributed by atoms with E-state index >= 15 is 0 Å². The van der Waals surface area contributed by atoms with E-state index in [-0.39, 0.29) is 0 Å². The van der Waals surface area contributed by atoms with Crippen LogP contribution in [0.5, 0.6) is 11.8 Å². The Kier molecular flexibility index (Phi) is 2.82. The first kappa shape index (κ1) is 13.2. The van der Waals surface area contributed by atoms with Gasteiger partial charge >= 0.3 is 0 Å². The van der Waals surface area contributed by atoms with Crippen LogP contribution in [0.25, 0.3) is 0 Å². The molecule has 2 aliphatic heterocycles. The Morgan fingerprint density at radius 3 is 1.79 bits per heavy atom. The zero-order valence-electron chi connectivity index (χ0n) is 12.8. The molecule has 5 rings (SSSR count). The quantitative estimate of drug-likeness (QED) is 0.721. The van der Waals surface area contributed by atoms with Crippen molar-refractivity contribution in [3.8, 4) is 11.8 Å². The molecule has 0 spiro atoms. The number of hydrogen-bond acceptors (Lipinski definition) is 6. The number of hydrogen-bond donors (Lipinski definition) is 0. The van der Waals surface area contributed by atoms with E-state index in [4.69, 9.17) is 9.47 Å². The molecule has 2 aliphatic rings. The Hall–Kier alpha value is -3.28. The monoisotopic (exact) mass is 318 g/mol. The Bertz CT molecular complexity index is 844. The van der Waals surface area contributed by atoms with Crippen molar-refractivity contribution >= 4 is 22.7 Å². The Morgan fingerprint density at radius 2 is 1.25 bits per heavy atom. The van der Waals surface area contributed by atoms with Crippen molar-refractivity contribution in [1.82, 2.24) is 9.97 Å². The molecule has 2 aromatic heterocycles. The summed E-state index contributed by atoms with van der Waals surface area (Å²) in [4.78, 5) is 12.7. The van der Waals surface area contributed by atoms with Crippen molar-refractivity contribution in [3.63, 3.8) is 0 Å². The summed E-state index contributed by atoms with van der Waals surface area (Å²) in [6, 6.07) is 16.2. The van der Waals surface area contributed by atoms with E-state index in [9.17, 15) is 0 Å². The van der Waals surface area contributed by atoms with Crippen LogP contribution in [0.3, 0.4) is 0 Å². The van der Waals surface area contributed by atoms with Crippen molar-refractivity contribution in [2.45, 2.75) is 0 Å². The topological polar surface area (TPSA) is 50.7 Å². The van der Waals surface area contributed by atoms with Gasteiger partial charge in [0.1, 0.15) is 11.4 Å². The molecule has 0 saturated carbocycles. The van der Waals surface area contributed by atoms with Crippen LogP contribution in [0, 0.1) is 0 Å². The van der Waals surface area contributed by atoms with Gasteiger partial charge < -0.3 is 19.3 Å². The fourth-order valence-electron chi connectivity index (χ4n) is 3.04. The van der Waals surface area contributed by atoms with E-state index in [1.165, 1.54) is 0 Å². The second kappa shape index (κ2) is 5.13. The summed E-state index contributed by atoms with van der Waals surface area (Å²) in [7, 11) is 0. The van der Waals surface area contributed by atoms with Crippen LogP contribution in [0.2, 0.25) is 0 Å². The van der Waals surface area contributed by atoms with Gasteiger partial charge in [-0.05, 0) is 42.5 Å². The van der Waals surface area contributed by atoms with Crippen LogP contribution in [-0.4, -0.2) is 23.4 Å². The summed E-state index contributed by atoms with van der Waals surface area (Å²) in [6.45, 7) is 0.925. The molecule has 6 heteroatoms. The van der Waals surface area contributed by atoms with Crippen molar-refractivity contribution in [3.05, 3.63) is 60.9 Å². The highest BCUT2D eigenvalue weighted by Gasteiger charge is 2.25. The van der Waals surface area contributed by atoms with Gasteiger partial charge in [-0.2, -0.15) is 0 Å². The summed E-state index contributed by atoms with van der Waals surface area (Å²) in [5.74, 6) is 1.34. The first-order chi connectivity index (χ1) is 11.9. The minimum Gasteiger partial charge on any atom is -0.454 e. The molecule has 6 nitrogen and oxygen atoms in total. The summed E-state index contributed by atoms with van der Waals surface area (Å²) in [5, 5.41) is 0. The smallest absolute Gasteiger partial charge is 0.239 e. The molecule has 0 fully saturated rings. The van der Waals surface area contributed by atoms with Gasteiger partial charge in [0.2, 0.25) is 11.8 Å². The Morgan fingerprint density at radius 1 is 0.708 bits per heavy atom. The van der Waals surface area contributed by atoms with Gasteiger partial charge in [-0.3, -0.25) is 0 Å². The molecule has 1 aromatic carbocycles. The molecule has 0 saturated heterocycles. The Balaban J connectivity index is 1.52. The number of ether oxygens (including phenoxy) is 2. The second-order valence-electron chi connectivity index (χ2n) is 5.58. The highest BCUT2D eigenvalue weighted by molar-refractivity contribution is 5.76. The number of benzene rings is 1. The zero-order valence-corrected chi connectivity index (χ0v) is 12.8. The van der Waals surface area contributed by atoms with Crippen LogP contribution >= 0.6 is 0 Å². The number of rotatable bonds is 2. The van der Waals surface area contributed by atoms with E-state index in [1.54, 1.807) is 12.4 Å². The fourth-order valence-corrected chi connectivity index (χ4v) is 3.04. The third kappa shape index (κ3) is 1.96. The van der Waals surface area contributed by atoms with Gasteiger partial charge in [0.25, 0.3) is 0 Å². The molecule has 118 valence electrons. The molecule has 0 unspecified atom stereocenters. The SMILES string of the molecule is c1cc(N2COc3ncccc32)cc(N2COc3ncccc32)c1. The Labute approximate surface area is 138 Å². The standard InChI is InChI=1S/C18H14N4O2/c1-4-13(21-11-23-17-15(21)6-2-8-19-17)10-14(5-1)22-12-24-18-16(22)7-3-9-20-18/h1-10H,11-12H2. The lowest BCUT2D eigenvalue weighted by molar-refractivity contribution is 0.345. The molecule has 0 amide bonds. The fraction of sp³-hybridized carbons (Fsp3) is 0.111. The molecule has 0 bridgehead atoms. The average molecular weight is 318 g/mol. The highest BCUT2D eigenvalue weighted by atomic mass is 16.5. The molecule has 24 heavy (non-hydrogen) atoms. The van der Waals surface area contributed by atoms with Gasteiger partial charge in [0, 0.05) is 23.8 Å². The summed E-state index contributed by atoms with van der Waals surface area (Å²) < 4.78 is 11.3. The molecule has 0 radical (unpaired) electrons.